The Kier molecular flexibility index (Phi) is 7.66. The molecule has 2 aliphatic heterocycles. The van der Waals surface area contributed by atoms with Crippen molar-refractivity contribution >= 4 is 73.3 Å². The quantitative estimate of drug-likeness (QED) is 0.392. The largest absolute Gasteiger partial charge is 0.341 e. The Labute approximate surface area is 231 Å². The van der Waals surface area contributed by atoms with Crippen molar-refractivity contribution < 1.29 is 23.6 Å². The average Bonchev–Trinajstić information content (AvgIpc) is 3.36. The van der Waals surface area contributed by atoms with Crippen LogP contribution >= 0.6 is 27.7 Å². The predicted octanol–water partition coefficient (Wildman–Crippen LogP) is 5.23. The molecular weight excluding hydrogens is 575 g/mol. The fourth-order valence-corrected chi connectivity index (χ4v) is 5.78. The minimum Gasteiger partial charge on any atom is -0.341 e. The number of hydrogen-bond donors (Lipinski definition) is 1. The summed E-state index contributed by atoms with van der Waals surface area (Å²) in [5.41, 5.74) is 1.88. The maximum Gasteiger partial charge on any atom is 0.294 e. The number of carbonyl (C=O) groups is 4. The molecule has 11 heteroatoms. The van der Waals surface area contributed by atoms with E-state index in [1.165, 1.54) is 24.3 Å². The molecule has 2 saturated heterocycles. The van der Waals surface area contributed by atoms with Gasteiger partial charge in [0, 0.05) is 45.9 Å². The van der Waals surface area contributed by atoms with E-state index in [1.54, 1.807) is 6.08 Å². The first-order valence-electron chi connectivity index (χ1n) is 12.2. The van der Waals surface area contributed by atoms with Crippen molar-refractivity contribution in [2.75, 3.05) is 25.0 Å². The van der Waals surface area contributed by atoms with E-state index in [2.05, 4.69) is 21.2 Å². The molecule has 4 amide bonds. The number of likely N-dealkylation sites (tertiary alicyclic amines) is 1. The van der Waals surface area contributed by atoms with Crippen molar-refractivity contribution in [3.05, 3.63) is 69.4 Å². The number of fused-ring (bicyclic) bond motifs is 1. The molecule has 0 atom stereocenters. The third-order valence-corrected chi connectivity index (χ3v) is 7.88. The highest BCUT2D eigenvalue weighted by Crippen LogP contribution is 2.35. The third kappa shape index (κ3) is 5.68. The molecule has 5 rings (SSSR count). The number of anilines is 1. The number of benzene rings is 2. The van der Waals surface area contributed by atoms with E-state index in [9.17, 15) is 23.6 Å². The van der Waals surface area contributed by atoms with Gasteiger partial charge in [-0.1, -0.05) is 15.9 Å². The lowest BCUT2D eigenvalue weighted by Gasteiger charge is -2.27. The molecule has 1 aromatic heterocycles. The molecule has 2 aliphatic rings. The van der Waals surface area contributed by atoms with Gasteiger partial charge in [-0.15, -0.1) is 0 Å². The summed E-state index contributed by atoms with van der Waals surface area (Å²) in [5, 5.41) is 2.83. The minimum atomic E-state index is -0.574. The lowest BCUT2D eigenvalue weighted by atomic mass is 10.1. The number of piperidine rings is 1. The van der Waals surface area contributed by atoms with Crippen molar-refractivity contribution in [3.8, 4) is 0 Å². The van der Waals surface area contributed by atoms with Crippen molar-refractivity contribution in [1.29, 1.82) is 0 Å². The normalized spacial score (nSPS) is 17.1. The van der Waals surface area contributed by atoms with E-state index in [-0.39, 0.29) is 17.4 Å². The van der Waals surface area contributed by atoms with Crippen LogP contribution < -0.4 is 5.32 Å². The van der Waals surface area contributed by atoms with Crippen LogP contribution in [0, 0.1) is 5.82 Å². The fourth-order valence-electron chi connectivity index (χ4n) is 4.59. The Balaban J connectivity index is 1.36. The standard InChI is InChI=1S/C27H24BrFN4O4S/c28-18-4-9-22-21(13-18)17(14-32(22)16-25(35)31-10-2-1-3-11-31)12-23-26(36)33(27(37)38-23)15-24(34)30-20-7-5-19(29)6-8-20/h4-9,12-14H,1-3,10-11,15-16H2,(H,30,34)/b23-12-. The summed E-state index contributed by atoms with van der Waals surface area (Å²) in [7, 11) is 0. The van der Waals surface area contributed by atoms with Gasteiger partial charge >= 0.3 is 0 Å². The first-order chi connectivity index (χ1) is 18.3. The maximum absolute atomic E-state index is 13.1. The van der Waals surface area contributed by atoms with Crippen molar-refractivity contribution in [1.82, 2.24) is 14.4 Å². The molecule has 0 radical (unpaired) electrons. The Morgan fingerprint density at radius 2 is 1.76 bits per heavy atom. The Morgan fingerprint density at radius 1 is 1.03 bits per heavy atom. The number of nitrogens with zero attached hydrogens (tertiary/aromatic N) is 3. The van der Waals surface area contributed by atoms with Crippen molar-refractivity contribution in [2.24, 2.45) is 0 Å². The second kappa shape index (κ2) is 11.1. The second-order valence-corrected chi connectivity index (χ2v) is 11.0. The van der Waals surface area contributed by atoms with Gasteiger partial charge in [0.1, 0.15) is 18.9 Å². The SMILES string of the molecule is O=C(CN1C(=O)S/C(=C\c2cn(CC(=O)N3CCCCC3)c3ccc(Br)cc23)C1=O)Nc1ccc(F)cc1. The van der Waals surface area contributed by atoms with E-state index in [1.807, 2.05) is 33.9 Å². The molecule has 0 unspecified atom stereocenters. The van der Waals surface area contributed by atoms with Gasteiger partial charge in [-0.3, -0.25) is 24.1 Å². The monoisotopic (exact) mass is 598 g/mol. The number of amides is 4. The summed E-state index contributed by atoms with van der Waals surface area (Å²) in [4.78, 5) is 54.0. The zero-order valence-corrected chi connectivity index (χ0v) is 22.7. The number of thioether (sulfide) groups is 1. The minimum absolute atomic E-state index is 0.0450. The summed E-state index contributed by atoms with van der Waals surface area (Å²) in [5.74, 6) is -1.54. The number of rotatable bonds is 6. The number of carbonyl (C=O) groups excluding carboxylic acids is 4. The summed E-state index contributed by atoms with van der Waals surface area (Å²) in [6.45, 7) is 1.24. The molecule has 2 aromatic carbocycles. The van der Waals surface area contributed by atoms with E-state index in [4.69, 9.17) is 0 Å². The highest BCUT2D eigenvalue weighted by Gasteiger charge is 2.36. The van der Waals surface area contributed by atoms with Crippen LogP contribution in [0.3, 0.4) is 0 Å². The van der Waals surface area contributed by atoms with Crippen LogP contribution in [-0.4, -0.2) is 57.0 Å². The number of hydrogen-bond acceptors (Lipinski definition) is 5. The zero-order valence-electron chi connectivity index (χ0n) is 20.3. The van der Waals surface area contributed by atoms with E-state index < -0.39 is 29.4 Å². The van der Waals surface area contributed by atoms with Crippen LogP contribution in [0.15, 0.2) is 58.0 Å². The first kappa shape index (κ1) is 26.2. The smallest absolute Gasteiger partial charge is 0.294 e. The van der Waals surface area contributed by atoms with Gasteiger partial charge in [0.2, 0.25) is 11.8 Å². The van der Waals surface area contributed by atoms with E-state index >= 15 is 0 Å². The van der Waals surface area contributed by atoms with E-state index in [0.717, 1.165) is 64.4 Å². The molecule has 0 aliphatic carbocycles. The van der Waals surface area contributed by atoms with Gasteiger partial charge in [0.05, 0.1) is 4.91 Å². The van der Waals surface area contributed by atoms with Gasteiger partial charge in [0.25, 0.3) is 11.1 Å². The highest BCUT2D eigenvalue weighted by atomic mass is 79.9. The van der Waals surface area contributed by atoms with Crippen LogP contribution in [0.4, 0.5) is 14.9 Å². The summed E-state index contributed by atoms with van der Waals surface area (Å²) < 4.78 is 15.8. The van der Waals surface area contributed by atoms with Gasteiger partial charge in [-0.25, -0.2) is 4.39 Å². The molecule has 0 saturated carbocycles. The molecular formula is C27H24BrFN4O4S. The van der Waals surface area contributed by atoms with Gasteiger partial charge < -0.3 is 14.8 Å². The molecule has 2 fully saturated rings. The van der Waals surface area contributed by atoms with Gasteiger partial charge in [-0.05, 0) is 79.6 Å². The van der Waals surface area contributed by atoms with Crippen LogP contribution in [0.5, 0.6) is 0 Å². The van der Waals surface area contributed by atoms with Crippen molar-refractivity contribution in [3.63, 3.8) is 0 Å². The molecule has 3 aromatic rings. The molecule has 0 spiro atoms. The van der Waals surface area contributed by atoms with Crippen LogP contribution in [-0.2, 0) is 20.9 Å². The predicted molar refractivity (Wildman–Crippen MR) is 148 cm³/mol. The maximum atomic E-state index is 13.1. The Hall–Kier alpha value is -3.44. The molecule has 38 heavy (non-hydrogen) atoms. The number of nitrogens with one attached hydrogen (secondary N) is 1. The van der Waals surface area contributed by atoms with E-state index in [0.29, 0.717) is 11.3 Å². The van der Waals surface area contributed by atoms with Crippen LogP contribution in [0.25, 0.3) is 17.0 Å². The summed E-state index contributed by atoms with van der Waals surface area (Å²) in [6, 6.07) is 10.9. The van der Waals surface area contributed by atoms with Crippen LogP contribution in [0.2, 0.25) is 0 Å². The zero-order chi connectivity index (χ0) is 26.8. The molecule has 8 nitrogen and oxygen atoms in total. The molecule has 1 N–H and O–H groups in total. The molecule has 0 bridgehead atoms. The fraction of sp³-hybridized carbons (Fsp3) is 0.259. The third-order valence-electron chi connectivity index (χ3n) is 6.48. The summed E-state index contributed by atoms with van der Waals surface area (Å²) >= 11 is 4.24. The lowest BCUT2D eigenvalue weighted by Crippen LogP contribution is -2.37. The first-order valence-corrected chi connectivity index (χ1v) is 13.8. The van der Waals surface area contributed by atoms with Gasteiger partial charge in [-0.2, -0.15) is 0 Å². The van der Waals surface area contributed by atoms with Gasteiger partial charge in [0.15, 0.2) is 0 Å². The Bertz CT molecular complexity index is 1460. The second-order valence-electron chi connectivity index (χ2n) is 9.14. The topological polar surface area (TPSA) is 91.7 Å². The Morgan fingerprint density at radius 3 is 2.50 bits per heavy atom. The molecule has 196 valence electrons. The summed E-state index contributed by atoms with van der Waals surface area (Å²) in [6.07, 6.45) is 6.59. The lowest BCUT2D eigenvalue weighted by molar-refractivity contribution is -0.132. The number of aromatic nitrogens is 1. The van der Waals surface area contributed by atoms with Crippen LogP contribution in [0.1, 0.15) is 24.8 Å². The average molecular weight is 599 g/mol. The number of imide groups is 1. The highest BCUT2D eigenvalue weighted by molar-refractivity contribution is 9.10. The van der Waals surface area contributed by atoms with Crippen molar-refractivity contribution in [2.45, 2.75) is 25.8 Å². The molecule has 3 heterocycles. The number of halogens is 2.